The predicted octanol–water partition coefficient (Wildman–Crippen LogP) is 5.08. The van der Waals surface area contributed by atoms with Crippen molar-refractivity contribution in [3.8, 4) is 0 Å². The van der Waals surface area contributed by atoms with Crippen LogP contribution in [0, 0.1) is 0 Å². The minimum Gasteiger partial charge on any atom is -0.312 e. The van der Waals surface area contributed by atoms with Crippen molar-refractivity contribution >= 4 is 27.5 Å². The lowest BCUT2D eigenvalue weighted by Gasteiger charge is -2.13. The molecule has 0 amide bonds. The number of nitrogens with one attached hydrogen (secondary N) is 1. The molecule has 0 atom stereocenters. The maximum absolute atomic E-state index is 6.15. The lowest BCUT2D eigenvalue weighted by molar-refractivity contribution is 0.632. The van der Waals surface area contributed by atoms with Crippen LogP contribution in [-0.4, -0.2) is 6.54 Å². The van der Waals surface area contributed by atoms with Crippen molar-refractivity contribution in [2.45, 2.75) is 38.6 Å². The lowest BCUT2D eigenvalue weighted by Crippen LogP contribution is -2.16. The summed E-state index contributed by atoms with van der Waals surface area (Å²) in [5, 5.41) is 4.31. The Morgan fingerprint density at radius 2 is 2.17 bits per heavy atom. The number of hydrogen-bond donors (Lipinski definition) is 1. The molecule has 0 aliphatic heterocycles. The first-order valence-corrected chi connectivity index (χ1v) is 7.75. The quantitative estimate of drug-likeness (QED) is 0.587. The van der Waals surface area contributed by atoms with E-state index in [1.165, 1.54) is 32.1 Å². The SMILES string of the molecule is Clc1ccc(Br)cc1CNCCC1=CCCCC1. The molecule has 1 aliphatic rings. The molecule has 0 bridgehead atoms. The highest BCUT2D eigenvalue weighted by atomic mass is 79.9. The predicted molar refractivity (Wildman–Crippen MR) is 82.0 cm³/mol. The maximum Gasteiger partial charge on any atom is 0.0451 e. The Hall–Kier alpha value is -0.310. The first-order valence-electron chi connectivity index (χ1n) is 6.58. The van der Waals surface area contributed by atoms with Gasteiger partial charge in [-0.1, -0.05) is 39.2 Å². The largest absolute Gasteiger partial charge is 0.312 e. The third-order valence-corrected chi connectivity index (χ3v) is 4.19. The smallest absolute Gasteiger partial charge is 0.0451 e. The molecule has 2 rings (SSSR count). The third kappa shape index (κ3) is 4.42. The minimum absolute atomic E-state index is 0.836. The van der Waals surface area contributed by atoms with Gasteiger partial charge in [0.2, 0.25) is 0 Å². The molecule has 1 aliphatic carbocycles. The van der Waals surface area contributed by atoms with Crippen LogP contribution in [0.15, 0.2) is 34.3 Å². The van der Waals surface area contributed by atoms with Crippen molar-refractivity contribution in [2.24, 2.45) is 0 Å². The van der Waals surface area contributed by atoms with Crippen LogP contribution in [0.3, 0.4) is 0 Å². The molecule has 0 saturated carbocycles. The highest BCUT2D eigenvalue weighted by Crippen LogP contribution is 2.21. The van der Waals surface area contributed by atoms with Crippen molar-refractivity contribution in [2.75, 3.05) is 6.54 Å². The number of allylic oxidation sites excluding steroid dienone is 1. The van der Waals surface area contributed by atoms with Crippen molar-refractivity contribution in [3.63, 3.8) is 0 Å². The van der Waals surface area contributed by atoms with Crippen LogP contribution in [-0.2, 0) is 6.54 Å². The van der Waals surface area contributed by atoms with Crippen LogP contribution in [0.4, 0.5) is 0 Å². The van der Waals surface area contributed by atoms with E-state index in [2.05, 4.69) is 33.4 Å². The van der Waals surface area contributed by atoms with E-state index in [0.717, 1.165) is 28.1 Å². The van der Waals surface area contributed by atoms with Crippen LogP contribution in [0.1, 0.15) is 37.7 Å². The van der Waals surface area contributed by atoms with E-state index in [1.807, 2.05) is 12.1 Å². The van der Waals surface area contributed by atoms with Gasteiger partial charge in [0.25, 0.3) is 0 Å². The van der Waals surface area contributed by atoms with E-state index in [0.29, 0.717) is 0 Å². The maximum atomic E-state index is 6.15. The van der Waals surface area contributed by atoms with Crippen LogP contribution in [0.25, 0.3) is 0 Å². The van der Waals surface area contributed by atoms with E-state index in [9.17, 15) is 0 Å². The van der Waals surface area contributed by atoms with Crippen molar-refractivity contribution in [1.82, 2.24) is 5.32 Å². The van der Waals surface area contributed by atoms with Gasteiger partial charge in [-0.3, -0.25) is 0 Å². The highest BCUT2D eigenvalue weighted by molar-refractivity contribution is 9.10. The second kappa shape index (κ2) is 7.32. The van der Waals surface area contributed by atoms with Gasteiger partial charge >= 0.3 is 0 Å². The first-order chi connectivity index (χ1) is 8.75. The fourth-order valence-electron chi connectivity index (χ4n) is 2.28. The lowest BCUT2D eigenvalue weighted by atomic mass is 9.97. The molecular weight excluding hydrogens is 310 g/mol. The van der Waals surface area contributed by atoms with Crippen LogP contribution < -0.4 is 5.32 Å². The Bertz CT molecular complexity index is 429. The van der Waals surface area contributed by atoms with Gasteiger partial charge in [0.1, 0.15) is 0 Å². The molecule has 0 saturated heterocycles. The summed E-state index contributed by atoms with van der Waals surface area (Å²) in [7, 11) is 0. The standard InChI is InChI=1S/C15H19BrClN/c16-14-6-7-15(17)13(10-14)11-18-9-8-12-4-2-1-3-5-12/h4,6-7,10,18H,1-3,5,8-9,11H2. The molecule has 1 aromatic carbocycles. The van der Waals surface area contributed by atoms with Gasteiger partial charge in [0.05, 0.1) is 0 Å². The topological polar surface area (TPSA) is 12.0 Å². The molecule has 1 N–H and O–H groups in total. The molecular formula is C15H19BrClN. The molecule has 3 heteroatoms. The zero-order valence-corrected chi connectivity index (χ0v) is 12.9. The molecule has 0 fully saturated rings. The summed E-state index contributed by atoms with van der Waals surface area (Å²) in [5.41, 5.74) is 2.78. The van der Waals surface area contributed by atoms with Gasteiger partial charge in [-0.25, -0.2) is 0 Å². The monoisotopic (exact) mass is 327 g/mol. The number of benzene rings is 1. The summed E-state index contributed by atoms with van der Waals surface area (Å²) < 4.78 is 1.08. The highest BCUT2D eigenvalue weighted by Gasteiger charge is 2.04. The molecule has 0 heterocycles. The number of halogens is 2. The Morgan fingerprint density at radius 3 is 2.94 bits per heavy atom. The Balaban J connectivity index is 1.74. The average Bonchev–Trinajstić information content (AvgIpc) is 2.40. The van der Waals surface area contributed by atoms with Crippen LogP contribution in [0.2, 0.25) is 5.02 Å². The second-order valence-electron chi connectivity index (χ2n) is 4.77. The molecule has 98 valence electrons. The zero-order chi connectivity index (χ0) is 12.8. The Labute approximate surface area is 123 Å². The molecule has 1 nitrogen and oxygen atoms in total. The van der Waals surface area contributed by atoms with E-state index >= 15 is 0 Å². The molecule has 18 heavy (non-hydrogen) atoms. The van der Waals surface area contributed by atoms with Gasteiger partial charge in [-0.2, -0.15) is 0 Å². The van der Waals surface area contributed by atoms with E-state index in [1.54, 1.807) is 5.57 Å². The summed E-state index contributed by atoms with van der Waals surface area (Å²) in [6.07, 6.45) is 8.88. The van der Waals surface area contributed by atoms with Crippen LogP contribution in [0.5, 0.6) is 0 Å². The summed E-state index contributed by atoms with van der Waals surface area (Å²) in [6.45, 7) is 1.88. The van der Waals surface area contributed by atoms with Crippen molar-refractivity contribution in [3.05, 3.63) is 44.9 Å². The van der Waals surface area contributed by atoms with E-state index < -0.39 is 0 Å². The second-order valence-corrected chi connectivity index (χ2v) is 6.09. The van der Waals surface area contributed by atoms with Gasteiger partial charge in [-0.15, -0.1) is 0 Å². The molecule has 0 unspecified atom stereocenters. The molecule has 1 aromatic rings. The van der Waals surface area contributed by atoms with E-state index in [-0.39, 0.29) is 0 Å². The summed E-state index contributed by atoms with van der Waals surface area (Å²) in [4.78, 5) is 0. The Kier molecular flexibility index (Phi) is 5.74. The Morgan fingerprint density at radius 1 is 1.28 bits per heavy atom. The summed E-state index contributed by atoms with van der Waals surface area (Å²) in [6, 6.07) is 5.99. The van der Waals surface area contributed by atoms with Crippen molar-refractivity contribution in [1.29, 1.82) is 0 Å². The number of rotatable bonds is 5. The van der Waals surface area contributed by atoms with E-state index in [4.69, 9.17) is 11.6 Å². The fraction of sp³-hybridized carbons (Fsp3) is 0.467. The summed E-state index contributed by atoms with van der Waals surface area (Å²) in [5.74, 6) is 0. The minimum atomic E-state index is 0.836. The molecule has 0 radical (unpaired) electrons. The van der Waals surface area contributed by atoms with Gasteiger partial charge in [0, 0.05) is 16.0 Å². The van der Waals surface area contributed by atoms with Crippen molar-refractivity contribution < 1.29 is 0 Å². The normalized spacial score (nSPS) is 15.6. The molecule has 0 aromatic heterocycles. The van der Waals surface area contributed by atoms with Gasteiger partial charge < -0.3 is 5.32 Å². The fourth-order valence-corrected chi connectivity index (χ4v) is 2.88. The average molecular weight is 329 g/mol. The van der Waals surface area contributed by atoms with Gasteiger partial charge in [-0.05, 0) is 62.4 Å². The molecule has 0 spiro atoms. The zero-order valence-electron chi connectivity index (χ0n) is 10.5. The summed E-state index contributed by atoms with van der Waals surface area (Å²) >= 11 is 9.62. The first kappa shape index (κ1) is 14.1. The van der Waals surface area contributed by atoms with Crippen LogP contribution >= 0.6 is 27.5 Å². The third-order valence-electron chi connectivity index (χ3n) is 3.33. The number of hydrogen-bond acceptors (Lipinski definition) is 1. The van der Waals surface area contributed by atoms with Gasteiger partial charge in [0.15, 0.2) is 0 Å².